The Kier molecular flexibility index (Phi) is 6.33. The average Bonchev–Trinajstić information content (AvgIpc) is 2.64. The zero-order valence-electron chi connectivity index (χ0n) is 14.9. The zero-order valence-corrected chi connectivity index (χ0v) is 14.9. The fourth-order valence-corrected chi connectivity index (χ4v) is 2.85. The summed E-state index contributed by atoms with van der Waals surface area (Å²) in [5.74, 6) is -2.53. The van der Waals surface area contributed by atoms with E-state index in [4.69, 9.17) is 4.74 Å². The van der Waals surface area contributed by atoms with E-state index in [-0.39, 0.29) is 29.4 Å². The van der Waals surface area contributed by atoms with Gasteiger partial charge in [-0.25, -0.2) is 0 Å². The highest BCUT2D eigenvalue weighted by molar-refractivity contribution is 5.83. The molecule has 2 aromatic rings. The van der Waals surface area contributed by atoms with Gasteiger partial charge in [0.1, 0.15) is 0 Å². The van der Waals surface area contributed by atoms with Crippen LogP contribution in [0.3, 0.4) is 0 Å². The van der Waals surface area contributed by atoms with Crippen molar-refractivity contribution in [2.75, 3.05) is 6.61 Å². The summed E-state index contributed by atoms with van der Waals surface area (Å²) in [5.41, 5.74) is 0.496. The predicted octanol–water partition coefficient (Wildman–Crippen LogP) is 3.70. The summed E-state index contributed by atoms with van der Waals surface area (Å²) < 4.78 is 4.94. The number of ether oxygens (including phenoxy) is 1. The molecule has 6 nitrogen and oxygen atoms in total. The number of phenols is 4. The van der Waals surface area contributed by atoms with Crippen molar-refractivity contribution in [1.29, 1.82) is 0 Å². The Labute approximate surface area is 152 Å². The van der Waals surface area contributed by atoms with E-state index in [1.807, 2.05) is 0 Å². The monoisotopic (exact) mass is 360 g/mol. The van der Waals surface area contributed by atoms with Gasteiger partial charge in [-0.2, -0.15) is 0 Å². The minimum atomic E-state index is -0.486. The third-order valence-corrected chi connectivity index (χ3v) is 4.31. The van der Waals surface area contributed by atoms with Gasteiger partial charge < -0.3 is 25.2 Å². The molecule has 0 amide bonds. The van der Waals surface area contributed by atoms with Crippen molar-refractivity contribution in [1.82, 2.24) is 0 Å². The van der Waals surface area contributed by atoms with E-state index in [0.29, 0.717) is 25.0 Å². The Hall–Kier alpha value is -2.89. The van der Waals surface area contributed by atoms with Gasteiger partial charge in [-0.05, 0) is 31.7 Å². The third kappa shape index (κ3) is 4.02. The first-order valence-corrected chi connectivity index (χ1v) is 8.59. The SMILES string of the molecule is CCOC(=O)C(C)CCCc1c(O)c(O)c(-c2ccccc2)c(O)c1O. The number of aromatic hydroxyl groups is 4. The molecule has 1 atom stereocenters. The van der Waals surface area contributed by atoms with Gasteiger partial charge in [-0.15, -0.1) is 0 Å². The average molecular weight is 360 g/mol. The molecule has 0 saturated heterocycles. The molecule has 0 heterocycles. The molecule has 0 aliphatic heterocycles. The normalized spacial score (nSPS) is 11.9. The third-order valence-electron chi connectivity index (χ3n) is 4.31. The fourth-order valence-electron chi connectivity index (χ4n) is 2.85. The maximum atomic E-state index is 11.6. The van der Waals surface area contributed by atoms with E-state index in [0.717, 1.165) is 0 Å². The van der Waals surface area contributed by atoms with Gasteiger partial charge in [0.25, 0.3) is 0 Å². The molecule has 4 N–H and O–H groups in total. The molecule has 1 unspecified atom stereocenters. The van der Waals surface area contributed by atoms with Gasteiger partial charge >= 0.3 is 5.97 Å². The van der Waals surface area contributed by atoms with Crippen LogP contribution in [-0.4, -0.2) is 33.0 Å². The molecule has 2 aromatic carbocycles. The maximum absolute atomic E-state index is 11.6. The standard InChI is InChI=1S/C20H24O6/c1-3-26-20(25)12(2)8-7-11-14-16(21)18(23)15(19(24)17(14)22)13-9-5-4-6-10-13/h4-6,9-10,12,21-24H,3,7-8,11H2,1-2H3. The van der Waals surface area contributed by atoms with Crippen molar-refractivity contribution in [3.05, 3.63) is 35.9 Å². The number of hydrogen-bond donors (Lipinski definition) is 4. The lowest BCUT2D eigenvalue weighted by Gasteiger charge is -2.16. The van der Waals surface area contributed by atoms with Gasteiger partial charge in [0.05, 0.1) is 18.1 Å². The first kappa shape index (κ1) is 19.4. The molecular formula is C20H24O6. The molecule has 2 rings (SSSR count). The molecule has 0 spiro atoms. The van der Waals surface area contributed by atoms with E-state index in [1.54, 1.807) is 44.2 Å². The molecular weight excluding hydrogens is 336 g/mol. The minimum Gasteiger partial charge on any atom is -0.504 e. The number of hydrogen-bond acceptors (Lipinski definition) is 6. The van der Waals surface area contributed by atoms with E-state index in [1.165, 1.54) is 0 Å². The molecule has 26 heavy (non-hydrogen) atoms. The summed E-state index contributed by atoms with van der Waals surface area (Å²) in [6.45, 7) is 3.79. The lowest BCUT2D eigenvalue weighted by atomic mass is 9.95. The molecule has 0 fully saturated rings. The molecule has 140 valence electrons. The van der Waals surface area contributed by atoms with Crippen LogP contribution in [0.5, 0.6) is 23.0 Å². The van der Waals surface area contributed by atoms with Crippen LogP contribution in [-0.2, 0) is 16.0 Å². The molecule has 0 radical (unpaired) electrons. The van der Waals surface area contributed by atoms with Crippen LogP contribution in [0.25, 0.3) is 11.1 Å². The number of carbonyl (C=O) groups excluding carboxylic acids is 1. The van der Waals surface area contributed by atoms with E-state index < -0.39 is 23.0 Å². The summed E-state index contributed by atoms with van der Waals surface area (Å²) in [5, 5.41) is 41.2. The molecule has 0 aliphatic rings. The molecule has 0 bridgehead atoms. The minimum absolute atomic E-state index is 0.0239. The second-order valence-corrected chi connectivity index (χ2v) is 6.16. The van der Waals surface area contributed by atoms with Gasteiger partial charge in [0.2, 0.25) is 0 Å². The van der Waals surface area contributed by atoms with Crippen molar-refractivity contribution in [2.24, 2.45) is 5.92 Å². The van der Waals surface area contributed by atoms with Crippen molar-refractivity contribution in [3.8, 4) is 34.1 Å². The molecule has 0 aliphatic carbocycles. The first-order chi connectivity index (χ1) is 12.4. The fraction of sp³-hybridized carbons (Fsp3) is 0.350. The van der Waals surface area contributed by atoms with Crippen LogP contribution in [0, 0.1) is 5.92 Å². The van der Waals surface area contributed by atoms with Crippen molar-refractivity contribution in [3.63, 3.8) is 0 Å². The van der Waals surface area contributed by atoms with E-state index >= 15 is 0 Å². The Morgan fingerprint density at radius 3 is 2.12 bits per heavy atom. The molecule has 0 saturated carbocycles. The summed E-state index contributed by atoms with van der Waals surface area (Å²) >= 11 is 0. The van der Waals surface area contributed by atoms with Crippen LogP contribution in [0.15, 0.2) is 30.3 Å². The Morgan fingerprint density at radius 1 is 1.00 bits per heavy atom. The van der Waals surface area contributed by atoms with Gasteiger partial charge in [0.15, 0.2) is 23.0 Å². The Balaban J connectivity index is 2.22. The Bertz CT molecular complexity index is 741. The van der Waals surface area contributed by atoms with Crippen LogP contribution >= 0.6 is 0 Å². The molecule has 0 aromatic heterocycles. The second kappa shape index (κ2) is 8.47. The highest BCUT2D eigenvalue weighted by Crippen LogP contribution is 2.51. The van der Waals surface area contributed by atoms with Gasteiger partial charge in [-0.1, -0.05) is 37.3 Å². The highest BCUT2D eigenvalue weighted by Gasteiger charge is 2.24. The van der Waals surface area contributed by atoms with Crippen molar-refractivity contribution < 1.29 is 30.0 Å². The van der Waals surface area contributed by atoms with Crippen molar-refractivity contribution in [2.45, 2.75) is 33.1 Å². The lowest BCUT2D eigenvalue weighted by molar-refractivity contribution is -0.147. The number of phenolic OH excluding ortho intramolecular Hbond substituents is 4. The quantitative estimate of drug-likeness (QED) is 0.341. The molecule has 6 heteroatoms. The zero-order chi connectivity index (χ0) is 19.3. The summed E-state index contributed by atoms with van der Waals surface area (Å²) in [4.78, 5) is 11.6. The van der Waals surface area contributed by atoms with Gasteiger partial charge in [0, 0.05) is 5.56 Å². The van der Waals surface area contributed by atoms with Crippen molar-refractivity contribution >= 4 is 5.97 Å². The summed E-state index contributed by atoms with van der Waals surface area (Å²) in [7, 11) is 0. The predicted molar refractivity (Wildman–Crippen MR) is 97.3 cm³/mol. The van der Waals surface area contributed by atoms with Crippen LogP contribution < -0.4 is 0 Å². The maximum Gasteiger partial charge on any atom is 0.308 e. The van der Waals surface area contributed by atoms with Crippen LogP contribution in [0.2, 0.25) is 0 Å². The lowest BCUT2D eigenvalue weighted by Crippen LogP contribution is -2.14. The summed E-state index contributed by atoms with van der Waals surface area (Å²) in [6.07, 6.45) is 1.14. The van der Waals surface area contributed by atoms with Crippen LogP contribution in [0.4, 0.5) is 0 Å². The number of esters is 1. The van der Waals surface area contributed by atoms with Crippen LogP contribution in [0.1, 0.15) is 32.3 Å². The van der Waals surface area contributed by atoms with E-state index in [2.05, 4.69) is 0 Å². The number of carbonyl (C=O) groups is 1. The first-order valence-electron chi connectivity index (χ1n) is 8.59. The Morgan fingerprint density at radius 2 is 1.58 bits per heavy atom. The van der Waals surface area contributed by atoms with Gasteiger partial charge in [-0.3, -0.25) is 4.79 Å². The topological polar surface area (TPSA) is 107 Å². The number of benzene rings is 2. The smallest absolute Gasteiger partial charge is 0.308 e. The summed E-state index contributed by atoms with van der Waals surface area (Å²) in [6, 6.07) is 8.50. The number of rotatable bonds is 7. The second-order valence-electron chi connectivity index (χ2n) is 6.16. The largest absolute Gasteiger partial charge is 0.504 e. The van der Waals surface area contributed by atoms with E-state index in [9.17, 15) is 25.2 Å². The highest BCUT2D eigenvalue weighted by atomic mass is 16.5.